The molecule has 2 aromatic rings. The number of aromatic nitrogens is 1. The number of carbonyl (C=O) groups is 1. The highest BCUT2D eigenvalue weighted by atomic mass is 19.4. The van der Waals surface area contributed by atoms with E-state index in [1.807, 2.05) is 24.3 Å². The lowest BCUT2D eigenvalue weighted by molar-refractivity contribution is -0.138. The molecule has 0 aliphatic carbocycles. The fourth-order valence-corrected chi connectivity index (χ4v) is 2.76. The Kier molecular flexibility index (Phi) is 6.46. The Morgan fingerprint density at radius 2 is 1.70 bits per heavy atom. The summed E-state index contributed by atoms with van der Waals surface area (Å²) in [5, 5.41) is 2.71. The average molecular weight is 380 g/mol. The number of alkyl halides is 3. The molecule has 7 heteroatoms. The summed E-state index contributed by atoms with van der Waals surface area (Å²) >= 11 is 0. The SMILES string of the molecule is CC(C)Cc1ccc([C@H](C)NC(=O)Cn2cc(C(F)(F)F)ccc2=O)cc1. The van der Waals surface area contributed by atoms with Gasteiger partial charge in [-0.3, -0.25) is 9.59 Å². The van der Waals surface area contributed by atoms with E-state index in [-0.39, 0.29) is 6.04 Å². The van der Waals surface area contributed by atoms with Gasteiger partial charge in [0.05, 0.1) is 11.6 Å². The molecular formula is C20H23F3N2O2. The van der Waals surface area contributed by atoms with Crippen molar-refractivity contribution in [3.8, 4) is 0 Å². The molecule has 2 rings (SSSR count). The third-order valence-electron chi connectivity index (χ3n) is 4.13. The minimum atomic E-state index is -4.57. The van der Waals surface area contributed by atoms with E-state index in [0.717, 1.165) is 22.6 Å². The van der Waals surface area contributed by atoms with E-state index in [0.29, 0.717) is 18.2 Å². The van der Waals surface area contributed by atoms with E-state index in [2.05, 4.69) is 19.2 Å². The molecule has 4 nitrogen and oxygen atoms in total. The van der Waals surface area contributed by atoms with Crippen molar-refractivity contribution in [2.45, 2.75) is 46.0 Å². The molecule has 1 N–H and O–H groups in total. The van der Waals surface area contributed by atoms with Gasteiger partial charge in [0, 0.05) is 12.3 Å². The van der Waals surface area contributed by atoms with Crippen molar-refractivity contribution in [3.05, 3.63) is 69.6 Å². The van der Waals surface area contributed by atoms with Crippen molar-refractivity contribution in [2.24, 2.45) is 5.92 Å². The van der Waals surface area contributed by atoms with Crippen LogP contribution in [0.2, 0.25) is 0 Å². The van der Waals surface area contributed by atoms with Crippen LogP contribution in [0.25, 0.3) is 0 Å². The normalized spacial score (nSPS) is 12.9. The maximum atomic E-state index is 12.8. The van der Waals surface area contributed by atoms with Gasteiger partial charge in [0.1, 0.15) is 6.54 Å². The Morgan fingerprint density at radius 3 is 2.26 bits per heavy atom. The number of nitrogens with one attached hydrogen (secondary N) is 1. The number of carbonyl (C=O) groups excluding carboxylic acids is 1. The number of rotatable bonds is 6. The van der Waals surface area contributed by atoms with Crippen molar-refractivity contribution in [3.63, 3.8) is 0 Å². The molecule has 0 aliphatic heterocycles. The van der Waals surface area contributed by atoms with Gasteiger partial charge >= 0.3 is 6.18 Å². The molecule has 0 aliphatic rings. The molecule has 0 fully saturated rings. The first kappa shape index (κ1) is 20.7. The van der Waals surface area contributed by atoms with Crippen molar-refractivity contribution < 1.29 is 18.0 Å². The number of halogens is 3. The Bertz CT molecular complexity index is 840. The molecule has 1 aromatic heterocycles. The van der Waals surface area contributed by atoms with Crippen LogP contribution in [0.1, 0.15) is 43.5 Å². The Morgan fingerprint density at radius 1 is 1.07 bits per heavy atom. The zero-order valence-corrected chi connectivity index (χ0v) is 15.5. The van der Waals surface area contributed by atoms with Gasteiger partial charge < -0.3 is 9.88 Å². The maximum absolute atomic E-state index is 12.8. The van der Waals surface area contributed by atoms with Crippen LogP contribution in [-0.4, -0.2) is 10.5 Å². The fourth-order valence-electron chi connectivity index (χ4n) is 2.76. The van der Waals surface area contributed by atoms with Crippen molar-refractivity contribution in [1.82, 2.24) is 9.88 Å². The van der Waals surface area contributed by atoms with Gasteiger partial charge in [-0.15, -0.1) is 0 Å². The third kappa shape index (κ3) is 5.98. The van der Waals surface area contributed by atoms with Gasteiger partial charge in [0.2, 0.25) is 5.91 Å². The van der Waals surface area contributed by atoms with Crippen LogP contribution in [0.3, 0.4) is 0 Å². The van der Waals surface area contributed by atoms with Crippen molar-refractivity contribution in [1.29, 1.82) is 0 Å². The zero-order chi connectivity index (χ0) is 20.2. The lowest BCUT2D eigenvalue weighted by atomic mass is 10.00. The van der Waals surface area contributed by atoms with Gasteiger partial charge in [0.25, 0.3) is 5.56 Å². The first-order chi connectivity index (χ1) is 12.6. The molecule has 1 heterocycles. The van der Waals surface area contributed by atoms with E-state index in [9.17, 15) is 22.8 Å². The second kappa shape index (κ2) is 8.41. The van der Waals surface area contributed by atoms with E-state index in [1.54, 1.807) is 6.92 Å². The molecule has 0 radical (unpaired) electrons. The second-order valence-electron chi connectivity index (χ2n) is 7.01. The Hall–Kier alpha value is -2.57. The number of benzene rings is 1. The van der Waals surface area contributed by atoms with Crippen molar-refractivity contribution >= 4 is 5.91 Å². The number of hydrogen-bond acceptors (Lipinski definition) is 2. The van der Waals surface area contributed by atoms with E-state index < -0.39 is 29.8 Å². The highest BCUT2D eigenvalue weighted by molar-refractivity contribution is 5.76. The monoisotopic (exact) mass is 380 g/mol. The molecule has 0 saturated heterocycles. The number of nitrogens with zero attached hydrogens (tertiary/aromatic N) is 1. The van der Waals surface area contributed by atoms with E-state index >= 15 is 0 Å². The summed E-state index contributed by atoms with van der Waals surface area (Å²) in [6, 6.07) is 9.01. The molecule has 0 saturated carbocycles. The summed E-state index contributed by atoms with van der Waals surface area (Å²) < 4.78 is 39.1. The third-order valence-corrected chi connectivity index (χ3v) is 4.13. The number of hydrogen-bond donors (Lipinski definition) is 1. The minimum absolute atomic E-state index is 0.327. The molecule has 146 valence electrons. The number of pyridine rings is 1. The summed E-state index contributed by atoms with van der Waals surface area (Å²) in [7, 11) is 0. The second-order valence-corrected chi connectivity index (χ2v) is 7.01. The van der Waals surface area contributed by atoms with Crippen LogP contribution in [0.4, 0.5) is 13.2 Å². The molecule has 1 atom stereocenters. The highest BCUT2D eigenvalue weighted by Gasteiger charge is 2.31. The van der Waals surface area contributed by atoms with Crippen LogP contribution in [0.15, 0.2) is 47.4 Å². The molecule has 0 unspecified atom stereocenters. The lowest BCUT2D eigenvalue weighted by Gasteiger charge is -2.16. The van der Waals surface area contributed by atoms with Gasteiger partial charge in [-0.25, -0.2) is 0 Å². The topological polar surface area (TPSA) is 51.1 Å². The summed E-state index contributed by atoms with van der Waals surface area (Å²) in [6.45, 7) is 5.57. The van der Waals surface area contributed by atoms with Gasteiger partial charge in [-0.2, -0.15) is 13.2 Å². The molecule has 27 heavy (non-hydrogen) atoms. The van der Waals surface area contributed by atoms with E-state index in [4.69, 9.17) is 0 Å². The van der Waals surface area contributed by atoms with Crippen LogP contribution < -0.4 is 10.9 Å². The van der Waals surface area contributed by atoms with Crippen LogP contribution >= 0.6 is 0 Å². The molecule has 1 aromatic carbocycles. The summed E-state index contributed by atoms with van der Waals surface area (Å²) in [4.78, 5) is 23.9. The minimum Gasteiger partial charge on any atom is -0.348 e. The molecule has 0 spiro atoms. The number of amides is 1. The first-order valence-corrected chi connectivity index (χ1v) is 8.72. The summed E-state index contributed by atoms with van der Waals surface area (Å²) in [5.74, 6) is 0.00827. The predicted molar refractivity (Wildman–Crippen MR) is 97.2 cm³/mol. The van der Waals surface area contributed by atoms with Crippen molar-refractivity contribution in [2.75, 3.05) is 0 Å². The Balaban J connectivity index is 2.04. The average Bonchev–Trinajstić information content (AvgIpc) is 2.55. The smallest absolute Gasteiger partial charge is 0.348 e. The van der Waals surface area contributed by atoms with Crippen LogP contribution in [0, 0.1) is 5.92 Å². The molecular weight excluding hydrogens is 357 g/mol. The summed E-state index contributed by atoms with van der Waals surface area (Å²) in [6.07, 6.45) is -2.95. The highest BCUT2D eigenvalue weighted by Crippen LogP contribution is 2.28. The first-order valence-electron chi connectivity index (χ1n) is 8.72. The van der Waals surface area contributed by atoms with Gasteiger partial charge in [-0.05, 0) is 36.5 Å². The standard InChI is InChI=1S/C20H23F3N2O2/c1-13(2)10-15-4-6-16(7-5-15)14(3)24-18(26)12-25-11-17(20(21,22)23)8-9-19(25)27/h4-9,11,13-14H,10,12H2,1-3H3,(H,24,26)/t14-/m0/s1. The fraction of sp³-hybridized carbons (Fsp3) is 0.400. The van der Waals surface area contributed by atoms with Gasteiger partial charge in [0.15, 0.2) is 0 Å². The Labute approximate surface area is 156 Å². The zero-order valence-electron chi connectivity index (χ0n) is 15.5. The molecule has 0 bridgehead atoms. The maximum Gasteiger partial charge on any atom is 0.417 e. The van der Waals surface area contributed by atoms with Crippen LogP contribution in [0.5, 0.6) is 0 Å². The largest absolute Gasteiger partial charge is 0.417 e. The predicted octanol–water partition coefficient (Wildman–Crippen LogP) is 3.94. The lowest BCUT2D eigenvalue weighted by Crippen LogP contribution is -2.34. The van der Waals surface area contributed by atoms with E-state index in [1.165, 1.54) is 5.56 Å². The molecule has 1 amide bonds. The van der Waals surface area contributed by atoms with Gasteiger partial charge in [-0.1, -0.05) is 38.1 Å². The quantitative estimate of drug-likeness (QED) is 0.825. The van der Waals surface area contributed by atoms with Crippen LogP contribution in [-0.2, 0) is 23.9 Å². The summed E-state index contributed by atoms with van der Waals surface area (Å²) in [5.41, 5.74) is 0.447.